The predicted molar refractivity (Wildman–Crippen MR) is 89.3 cm³/mol. The molecule has 0 amide bonds. The molecule has 116 valence electrons. The average molecular weight is 318 g/mol. The lowest BCUT2D eigenvalue weighted by atomic mass is 10.2. The summed E-state index contributed by atoms with van der Waals surface area (Å²) in [5.74, 6) is 0.888. The van der Waals surface area contributed by atoms with Crippen LogP contribution in [0.15, 0.2) is 53.4 Å². The van der Waals surface area contributed by atoms with Gasteiger partial charge in [0, 0.05) is 41.1 Å². The maximum Gasteiger partial charge on any atom is 0.274 e. The smallest absolute Gasteiger partial charge is 0.274 e. The van der Waals surface area contributed by atoms with E-state index in [-0.39, 0.29) is 17.2 Å². The first kappa shape index (κ1) is 16.3. The number of hydrogen-bond acceptors (Lipinski definition) is 5. The fraction of sp³-hybridized carbons (Fsp3) is 0.250. The first-order chi connectivity index (χ1) is 10.7. The van der Waals surface area contributed by atoms with Crippen molar-refractivity contribution in [2.45, 2.75) is 17.9 Å². The second-order valence-corrected chi connectivity index (χ2v) is 5.86. The molecule has 2 N–H and O–H groups in total. The molecule has 0 bridgehead atoms. The molecule has 0 aliphatic rings. The number of nitro benzene ring substituents is 1. The Morgan fingerprint density at radius 1 is 1.14 bits per heavy atom. The molecule has 0 aliphatic heterocycles. The van der Waals surface area contributed by atoms with E-state index in [0.29, 0.717) is 12.1 Å². The molecule has 0 radical (unpaired) electrons. The zero-order chi connectivity index (χ0) is 15.8. The van der Waals surface area contributed by atoms with Crippen LogP contribution in [0, 0.1) is 10.1 Å². The van der Waals surface area contributed by atoms with E-state index in [2.05, 4.69) is 5.32 Å². The number of nitrogens with one attached hydrogen (secondary N) is 1. The van der Waals surface area contributed by atoms with Gasteiger partial charge in [0.1, 0.15) is 0 Å². The molecule has 0 saturated carbocycles. The van der Waals surface area contributed by atoms with Crippen molar-refractivity contribution in [1.82, 2.24) is 0 Å². The minimum absolute atomic E-state index is 0.131. The van der Waals surface area contributed by atoms with Gasteiger partial charge in [-0.05, 0) is 30.7 Å². The standard InChI is InChI=1S/C16H18N2O3S/c19-10-3-11-22-15-8-6-14(7-9-15)17-12-13-4-1-2-5-16(13)18(20)21/h1-2,4-9,17,19H,3,10-12H2. The molecule has 0 fully saturated rings. The van der Waals surface area contributed by atoms with Gasteiger partial charge >= 0.3 is 0 Å². The lowest BCUT2D eigenvalue weighted by Gasteiger charge is -2.08. The highest BCUT2D eigenvalue weighted by Gasteiger charge is 2.11. The number of para-hydroxylation sites is 1. The number of thioether (sulfide) groups is 1. The van der Waals surface area contributed by atoms with Gasteiger partial charge in [0.25, 0.3) is 5.69 Å². The average Bonchev–Trinajstić information content (AvgIpc) is 2.54. The third-order valence-electron chi connectivity index (χ3n) is 3.10. The Hall–Kier alpha value is -2.05. The van der Waals surface area contributed by atoms with E-state index in [1.807, 2.05) is 24.3 Å². The second kappa shape index (κ2) is 8.41. The maximum absolute atomic E-state index is 11.0. The van der Waals surface area contributed by atoms with E-state index in [0.717, 1.165) is 22.8 Å². The number of aliphatic hydroxyl groups is 1. The monoisotopic (exact) mass is 318 g/mol. The molecule has 0 spiro atoms. The van der Waals surface area contributed by atoms with Gasteiger partial charge in [0.15, 0.2) is 0 Å². The Kier molecular flexibility index (Phi) is 6.24. The number of rotatable bonds is 8. The van der Waals surface area contributed by atoms with Crippen LogP contribution in [-0.2, 0) is 6.54 Å². The number of nitro groups is 1. The summed E-state index contributed by atoms with van der Waals surface area (Å²) in [6, 6.07) is 14.6. The highest BCUT2D eigenvalue weighted by atomic mass is 32.2. The van der Waals surface area contributed by atoms with E-state index < -0.39 is 0 Å². The van der Waals surface area contributed by atoms with Crippen LogP contribution in [0.3, 0.4) is 0 Å². The SMILES string of the molecule is O=[N+]([O-])c1ccccc1CNc1ccc(SCCCO)cc1. The molecule has 22 heavy (non-hydrogen) atoms. The molecule has 2 rings (SSSR count). The topological polar surface area (TPSA) is 75.4 Å². The fourth-order valence-corrected chi connectivity index (χ4v) is 2.80. The third kappa shape index (κ3) is 4.75. The van der Waals surface area contributed by atoms with Crippen LogP contribution in [0.25, 0.3) is 0 Å². The van der Waals surface area contributed by atoms with Gasteiger partial charge in [-0.15, -0.1) is 11.8 Å². The van der Waals surface area contributed by atoms with Crippen molar-refractivity contribution >= 4 is 23.1 Å². The minimum Gasteiger partial charge on any atom is -0.396 e. The van der Waals surface area contributed by atoms with Crippen LogP contribution >= 0.6 is 11.8 Å². The second-order valence-electron chi connectivity index (χ2n) is 4.69. The van der Waals surface area contributed by atoms with Crippen LogP contribution < -0.4 is 5.32 Å². The maximum atomic E-state index is 11.0. The minimum atomic E-state index is -0.363. The summed E-state index contributed by atoms with van der Waals surface area (Å²) in [6.45, 7) is 0.622. The first-order valence-electron chi connectivity index (χ1n) is 7.00. The number of benzene rings is 2. The van der Waals surface area contributed by atoms with Crippen molar-refractivity contribution in [2.24, 2.45) is 0 Å². The Labute approximate surface area is 133 Å². The molecule has 5 nitrogen and oxygen atoms in total. The fourth-order valence-electron chi connectivity index (χ4n) is 1.96. The Morgan fingerprint density at radius 2 is 1.86 bits per heavy atom. The number of aliphatic hydroxyl groups excluding tert-OH is 1. The molecule has 0 aromatic heterocycles. The van der Waals surface area contributed by atoms with Crippen LogP contribution in [-0.4, -0.2) is 22.4 Å². The largest absolute Gasteiger partial charge is 0.396 e. The van der Waals surface area contributed by atoms with Gasteiger partial charge in [-0.25, -0.2) is 0 Å². The molecular weight excluding hydrogens is 300 g/mol. The molecule has 0 saturated heterocycles. The van der Waals surface area contributed by atoms with Gasteiger partial charge in [-0.1, -0.05) is 18.2 Å². The van der Waals surface area contributed by atoms with Crippen LogP contribution in [0.4, 0.5) is 11.4 Å². The number of nitrogens with zero attached hydrogens (tertiary/aromatic N) is 1. The van der Waals surface area contributed by atoms with Crippen molar-refractivity contribution in [3.8, 4) is 0 Å². The van der Waals surface area contributed by atoms with Gasteiger partial charge in [-0.2, -0.15) is 0 Å². The van der Waals surface area contributed by atoms with Crippen molar-refractivity contribution in [2.75, 3.05) is 17.7 Å². The van der Waals surface area contributed by atoms with Gasteiger partial charge in [-0.3, -0.25) is 10.1 Å². The van der Waals surface area contributed by atoms with E-state index >= 15 is 0 Å². The Balaban J connectivity index is 1.93. The summed E-state index contributed by atoms with van der Waals surface area (Å²) in [5.41, 5.74) is 1.71. The highest BCUT2D eigenvalue weighted by molar-refractivity contribution is 7.99. The number of anilines is 1. The summed E-state index contributed by atoms with van der Waals surface area (Å²) in [5, 5.41) is 22.9. The van der Waals surface area contributed by atoms with E-state index in [9.17, 15) is 10.1 Å². The normalized spacial score (nSPS) is 10.4. The molecule has 0 atom stereocenters. The van der Waals surface area contributed by atoms with Crippen LogP contribution in [0.1, 0.15) is 12.0 Å². The van der Waals surface area contributed by atoms with Gasteiger partial charge in [0.05, 0.1) is 4.92 Å². The van der Waals surface area contributed by atoms with Crippen LogP contribution in [0.2, 0.25) is 0 Å². The molecule has 2 aromatic carbocycles. The molecule has 0 aliphatic carbocycles. The Morgan fingerprint density at radius 3 is 2.55 bits per heavy atom. The predicted octanol–water partition coefficient (Wildman–Crippen LogP) is 3.68. The quantitative estimate of drug-likeness (QED) is 0.336. The van der Waals surface area contributed by atoms with Crippen LogP contribution in [0.5, 0.6) is 0 Å². The lowest BCUT2D eigenvalue weighted by Crippen LogP contribution is -2.02. The summed E-state index contributed by atoms with van der Waals surface area (Å²) < 4.78 is 0. The summed E-state index contributed by atoms with van der Waals surface area (Å²) >= 11 is 1.70. The first-order valence-corrected chi connectivity index (χ1v) is 7.99. The van der Waals surface area contributed by atoms with E-state index in [1.54, 1.807) is 30.0 Å². The molecule has 0 unspecified atom stereocenters. The zero-order valence-corrected chi connectivity index (χ0v) is 12.9. The Bertz CT molecular complexity index is 617. The van der Waals surface area contributed by atoms with E-state index in [4.69, 9.17) is 5.11 Å². The van der Waals surface area contributed by atoms with Gasteiger partial charge in [0.2, 0.25) is 0 Å². The number of hydrogen-bond donors (Lipinski definition) is 2. The molecule has 2 aromatic rings. The van der Waals surface area contributed by atoms with Crippen molar-refractivity contribution < 1.29 is 10.0 Å². The third-order valence-corrected chi connectivity index (χ3v) is 4.20. The highest BCUT2D eigenvalue weighted by Crippen LogP contribution is 2.22. The lowest BCUT2D eigenvalue weighted by molar-refractivity contribution is -0.385. The van der Waals surface area contributed by atoms with Crippen molar-refractivity contribution in [3.63, 3.8) is 0 Å². The molecule has 6 heteroatoms. The van der Waals surface area contributed by atoms with Gasteiger partial charge < -0.3 is 10.4 Å². The van der Waals surface area contributed by atoms with E-state index in [1.165, 1.54) is 6.07 Å². The molecule has 0 heterocycles. The molecular formula is C16H18N2O3S. The summed E-state index contributed by atoms with van der Waals surface area (Å²) in [4.78, 5) is 11.7. The summed E-state index contributed by atoms with van der Waals surface area (Å²) in [6.07, 6.45) is 0.780. The van der Waals surface area contributed by atoms with Crippen molar-refractivity contribution in [1.29, 1.82) is 0 Å². The van der Waals surface area contributed by atoms with Crippen molar-refractivity contribution in [3.05, 3.63) is 64.2 Å². The summed E-state index contributed by atoms with van der Waals surface area (Å²) in [7, 11) is 0. The zero-order valence-electron chi connectivity index (χ0n) is 12.1.